The molecular formula is C35H32F3N7O2. The van der Waals surface area contributed by atoms with E-state index >= 15 is 0 Å². The fourth-order valence-electron chi connectivity index (χ4n) is 5.17. The minimum atomic E-state index is -4.51. The van der Waals surface area contributed by atoms with Gasteiger partial charge in [-0.2, -0.15) is 13.2 Å². The van der Waals surface area contributed by atoms with E-state index in [1.807, 2.05) is 18.2 Å². The van der Waals surface area contributed by atoms with Crippen LogP contribution < -0.4 is 20.3 Å². The van der Waals surface area contributed by atoms with E-state index < -0.39 is 17.6 Å². The fraction of sp³-hybridized carbons (Fsp3) is 0.200. The molecule has 1 fully saturated rings. The number of aromatic nitrogens is 3. The molecule has 47 heavy (non-hydrogen) atoms. The molecule has 240 valence electrons. The molecule has 0 aliphatic carbocycles. The first-order valence-electron chi connectivity index (χ1n) is 15.0. The van der Waals surface area contributed by atoms with Crippen molar-refractivity contribution in [2.45, 2.75) is 13.1 Å². The van der Waals surface area contributed by atoms with E-state index in [0.29, 0.717) is 34.4 Å². The van der Waals surface area contributed by atoms with Gasteiger partial charge in [-0.05, 0) is 98.4 Å². The summed E-state index contributed by atoms with van der Waals surface area (Å²) in [6.45, 7) is 5.82. The smallest absolute Gasteiger partial charge is 0.416 e. The van der Waals surface area contributed by atoms with Gasteiger partial charge in [-0.25, -0.2) is 15.0 Å². The Bertz CT molecular complexity index is 1870. The normalized spacial score (nSPS) is 13.7. The highest BCUT2D eigenvalue weighted by atomic mass is 19.4. The third kappa shape index (κ3) is 7.67. The number of aryl methyl sites for hydroxylation is 1. The summed E-state index contributed by atoms with van der Waals surface area (Å²) in [5.74, 6) is 0.621. The predicted molar refractivity (Wildman–Crippen MR) is 175 cm³/mol. The summed E-state index contributed by atoms with van der Waals surface area (Å²) < 4.78 is 45.4. The van der Waals surface area contributed by atoms with E-state index in [4.69, 9.17) is 9.72 Å². The molecule has 5 aromatic rings. The van der Waals surface area contributed by atoms with Crippen LogP contribution in [0.1, 0.15) is 21.5 Å². The van der Waals surface area contributed by atoms with Crippen LogP contribution in [0.25, 0.3) is 11.3 Å². The maximum atomic E-state index is 13.1. The number of benzene rings is 3. The minimum Gasteiger partial charge on any atom is -0.438 e. The lowest BCUT2D eigenvalue weighted by molar-refractivity contribution is -0.137. The van der Waals surface area contributed by atoms with E-state index in [2.05, 4.69) is 49.6 Å². The maximum Gasteiger partial charge on any atom is 0.416 e. The number of pyridine rings is 1. The molecule has 3 aromatic carbocycles. The Balaban J connectivity index is 1.14. The van der Waals surface area contributed by atoms with Gasteiger partial charge < -0.3 is 25.2 Å². The van der Waals surface area contributed by atoms with Crippen molar-refractivity contribution in [2.75, 3.05) is 48.8 Å². The van der Waals surface area contributed by atoms with Crippen molar-refractivity contribution in [3.05, 3.63) is 114 Å². The predicted octanol–water partition coefficient (Wildman–Crippen LogP) is 7.41. The van der Waals surface area contributed by atoms with Crippen molar-refractivity contribution in [2.24, 2.45) is 0 Å². The quantitative estimate of drug-likeness (QED) is 0.181. The number of alkyl halides is 3. The van der Waals surface area contributed by atoms with Crippen molar-refractivity contribution in [3.63, 3.8) is 0 Å². The lowest BCUT2D eigenvalue weighted by atomic mass is 10.1. The Labute approximate surface area is 270 Å². The highest BCUT2D eigenvalue weighted by molar-refractivity contribution is 6.04. The number of likely N-dealkylation sites (N-methyl/N-ethyl adjacent to an activating group) is 1. The van der Waals surface area contributed by atoms with Gasteiger partial charge in [0.25, 0.3) is 5.91 Å². The average molecular weight is 640 g/mol. The highest BCUT2D eigenvalue weighted by Crippen LogP contribution is 2.34. The van der Waals surface area contributed by atoms with Crippen molar-refractivity contribution >= 4 is 28.9 Å². The molecule has 0 bridgehead atoms. The lowest BCUT2D eigenvalue weighted by Crippen LogP contribution is -2.44. The van der Waals surface area contributed by atoms with Crippen molar-refractivity contribution in [1.29, 1.82) is 0 Å². The van der Waals surface area contributed by atoms with Crippen LogP contribution in [0.15, 0.2) is 97.3 Å². The van der Waals surface area contributed by atoms with Gasteiger partial charge in [-0.15, -0.1) is 0 Å². The summed E-state index contributed by atoms with van der Waals surface area (Å²) in [5, 5.41) is 5.79. The summed E-state index contributed by atoms with van der Waals surface area (Å²) in [6.07, 6.45) is -1.25. The number of halogens is 3. The van der Waals surface area contributed by atoms with Crippen LogP contribution in [0.5, 0.6) is 11.6 Å². The topological polar surface area (TPSA) is 95.5 Å². The van der Waals surface area contributed by atoms with Crippen LogP contribution in [0, 0.1) is 6.92 Å². The molecule has 2 aromatic heterocycles. The number of rotatable bonds is 8. The summed E-state index contributed by atoms with van der Waals surface area (Å²) in [6, 6.07) is 22.8. The molecule has 1 aliphatic heterocycles. The molecule has 3 heterocycles. The third-order valence-corrected chi connectivity index (χ3v) is 7.79. The molecule has 12 heteroatoms. The Morgan fingerprint density at radius 2 is 1.64 bits per heavy atom. The molecule has 1 amide bonds. The molecule has 0 atom stereocenters. The van der Waals surface area contributed by atoms with Crippen LogP contribution in [-0.2, 0) is 6.18 Å². The average Bonchev–Trinajstić information content (AvgIpc) is 3.06. The Hall–Kier alpha value is -5.49. The number of ether oxygens (including phenoxy) is 1. The zero-order chi connectivity index (χ0) is 33.0. The zero-order valence-electron chi connectivity index (χ0n) is 25.8. The number of piperazine rings is 1. The number of nitrogens with one attached hydrogen (secondary N) is 2. The van der Waals surface area contributed by atoms with Crippen molar-refractivity contribution in [3.8, 4) is 22.9 Å². The van der Waals surface area contributed by atoms with Gasteiger partial charge in [0, 0.05) is 61.2 Å². The van der Waals surface area contributed by atoms with E-state index in [9.17, 15) is 18.0 Å². The van der Waals surface area contributed by atoms with Gasteiger partial charge in [-0.1, -0.05) is 6.07 Å². The molecule has 1 aliphatic rings. The molecule has 0 spiro atoms. The zero-order valence-corrected chi connectivity index (χ0v) is 25.8. The second-order valence-corrected chi connectivity index (χ2v) is 11.2. The van der Waals surface area contributed by atoms with Crippen molar-refractivity contribution in [1.82, 2.24) is 19.9 Å². The summed E-state index contributed by atoms with van der Waals surface area (Å²) in [7, 11) is 2.14. The van der Waals surface area contributed by atoms with Gasteiger partial charge in [0.1, 0.15) is 5.75 Å². The number of nitrogens with zero attached hydrogens (tertiary/aromatic N) is 5. The van der Waals surface area contributed by atoms with Gasteiger partial charge in [-0.3, -0.25) is 4.79 Å². The first-order valence-corrected chi connectivity index (χ1v) is 15.0. The largest absolute Gasteiger partial charge is 0.438 e. The van der Waals surface area contributed by atoms with Gasteiger partial charge in [0.15, 0.2) is 0 Å². The molecule has 1 saturated heterocycles. The monoisotopic (exact) mass is 639 g/mol. The standard InChI is InChI=1S/C35H32F3N7O2/c1-23-21-24(32(46)41-27-6-3-5-25(22-27)35(36,37)38)8-13-31(23)47-33-29(7-4-15-39-33)30-14-16-40-34(43-30)42-26-9-11-28(12-10-26)45-19-17-44(2)18-20-45/h3-16,21-22H,17-20H2,1-2H3,(H,41,46)(H,40,42,43). The second-order valence-electron chi connectivity index (χ2n) is 11.2. The second kappa shape index (κ2) is 13.5. The first kappa shape index (κ1) is 31.5. The van der Waals surface area contributed by atoms with Crippen LogP contribution in [0.4, 0.5) is 36.2 Å². The van der Waals surface area contributed by atoms with E-state index in [1.165, 1.54) is 23.9 Å². The van der Waals surface area contributed by atoms with Gasteiger partial charge >= 0.3 is 6.18 Å². The number of amides is 1. The van der Waals surface area contributed by atoms with Crippen LogP contribution in [0.3, 0.4) is 0 Å². The van der Waals surface area contributed by atoms with Gasteiger partial charge in [0.05, 0.1) is 16.8 Å². The Morgan fingerprint density at radius 1 is 0.851 bits per heavy atom. The molecule has 0 unspecified atom stereocenters. The minimum absolute atomic E-state index is 0.0438. The molecule has 6 rings (SSSR count). The van der Waals surface area contributed by atoms with Crippen molar-refractivity contribution < 1.29 is 22.7 Å². The Kier molecular flexibility index (Phi) is 9.03. The van der Waals surface area contributed by atoms with Crippen LogP contribution >= 0.6 is 0 Å². The summed E-state index contributed by atoms with van der Waals surface area (Å²) in [5.41, 5.74) is 3.35. The fourth-order valence-corrected chi connectivity index (χ4v) is 5.17. The van der Waals surface area contributed by atoms with Crippen LogP contribution in [0.2, 0.25) is 0 Å². The molecule has 0 radical (unpaired) electrons. The third-order valence-electron chi connectivity index (χ3n) is 7.79. The number of hydrogen-bond donors (Lipinski definition) is 2. The number of anilines is 4. The molecule has 2 N–H and O–H groups in total. The Morgan fingerprint density at radius 3 is 2.38 bits per heavy atom. The lowest BCUT2D eigenvalue weighted by Gasteiger charge is -2.34. The highest BCUT2D eigenvalue weighted by Gasteiger charge is 2.30. The molecule has 9 nitrogen and oxygen atoms in total. The maximum absolute atomic E-state index is 13.1. The molecular weight excluding hydrogens is 607 g/mol. The van der Waals surface area contributed by atoms with Gasteiger partial charge in [0.2, 0.25) is 11.8 Å². The van der Waals surface area contributed by atoms with E-state index in [1.54, 1.807) is 43.6 Å². The number of carbonyl (C=O) groups excluding carboxylic acids is 1. The first-order chi connectivity index (χ1) is 22.6. The summed E-state index contributed by atoms with van der Waals surface area (Å²) in [4.78, 5) is 31.0. The summed E-state index contributed by atoms with van der Waals surface area (Å²) >= 11 is 0. The number of hydrogen-bond acceptors (Lipinski definition) is 8. The number of carbonyl (C=O) groups is 1. The van der Waals surface area contributed by atoms with E-state index in [-0.39, 0.29) is 11.3 Å². The SMILES string of the molecule is Cc1cc(C(=O)Nc2cccc(C(F)(F)F)c2)ccc1Oc1ncccc1-c1ccnc(Nc2ccc(N3CCN(C)CC3)cc2)n1. The molecule has 0 saturated carbocycles. The van der Waals surface area contributed by atoms with E-state index in [0.717, 1.165) is 44.0 Å². The van der Waals surface area contributed by atoms with Crippen LogP contribution in [-0.4, -0.2) is 59.0 Å².